The third kappa shape index (κ3) is 4.20. The molecule has 3 rings (SSSR count). The largest absolute Gasteiger partial charge is 0.488 e. The molecule has 0 bridgehead atoms. The molecule has 2 aromatic rings. The zero-order valence-corrected chi connectivity index (χ0v) is 14.2. The maximum atomic E-state index is 13.0. The van der Waals surface area contributed by atoms with Crippen LogP contribution in [0.5, 0.6) is 5.75 Å². The number of carboxylic acids is 1. The monoisotopic (exact) mass is 357 g/mol. The summed E-state index contributed by atoms with van der Waals surface area (Å²) in [6.45, 7) is 0.956. The lowest BCUT2D eigenvalue weighted by Crippen LogP contribution is -2.42. The molecule has 136 valence electrons. The summed E-state index contributed by atoms with van der Waals surface area (Å²) in [5.74, 6) is -1.52. The summed E-state index contributed by atoms with van der Waals surface area (Å²) in [5.41, 5.74) is 1.19. The highest BCUT2D eigenvalue weighted by Gasteiger charge is 2.29. The van der Waals surface area contributed by atoms with Crippen LogP contribution in [-0.4, -0.2) is 35.0 Å². The van der Waals surface area contributed by atoms with E-state index in [2.05, 4.69) is 0 Å². The Bertz CT molecular complexity index is 791. The van der Waals surface area contributed by atoms with Crippen molar-refractivity contribution in [3.8, 4) is 5.75 Å². The molecule has 0 spiro atoms. The van der Waals surface area contributed by atoms with Crippen LogP contribution in [0.3, 0.4) is 0 Å². The zero-order valence-electron chi connectivity index (χ0n) is 14.2. The number of hydrogen-bond donors (Lipinski definition) is 1. The number of carbonyl (C=O) groups excluding carboxylic acids is 1. The molecule has 2 aromatic carbocycles. The smallest absolute Gasteiger partial charge is 0.308 e. The average molecular weight is 357 g/mol. The SMILES string of the molecule is O=C(O)[C@H]1CCCN(C(=O)c2ccccc2OCc2ccc(F)cc2)C1. The molecular weight excluding hydrogens is 337 g/mol. The molecule has 0 unspecified atom stereocenters. The minimum atomic E-state index is -0.872. The lowest BCUT2D eigenvalue weighted by Gasteiger charge is -2.31. The van der Waals surface area contributed by atoms with Crippen LogP contribution in [0.4, 0.5) is 4.39 Å². The molecule has 0 radical (unpaired) electrons. The van der Waals surface area contributed by atoms with Crippen molar-refractivity contribution >= 4 is 11.9 Å². The standard InChI is InChI=1S/C20H20FNO4/c21-16-9-7-14(8-10-16)13-26-18-6-2-1-5-17(18)19(23)22-11-3-4-15(12-22)20(24)25/h1-2,5-10,15H,3-4,11-13H2,(H,24,25)/t15-/m0/s1. The van der Waals surface area contributed by atoms with E-state index in [0.717, 1.165) is 5.56 Å². The molecule has 5 nitrogen and oxygen atoms in total. The zero-order chi connectivity index (χ0) is 18.5. The van der Waals surface area contributed by atoms with E-state index in [4.69, 9.17) is 4.74 Å². The number of aliphatic carboxylic acids is 1. The molecule has 26 heavy (non-hydrogen) atoms. The first kappa shape index (κ1) is 17.9. The van der Waals surface area contributed by atoms with Gasteiger partial charge in [0, 0.05) is 13.1 Å². The highest BCUT2D eigenvalue weighted by atomic mass is 19.1. The Morgan fingerprint density at radius 2 is 1.88 bits per heavy atom. The lowest BCUT2D eigenvalue weighted by atomic mass is 9.97. The van der Waals surface area contributed by atoms with Crippen molar-refractivity contribution in [1.82, 2.24) is 4.90 Å². The Morgan fingerprint density at radius 3 is 2.62 bits per heavy atom. The molecule has 1 aliphatic heterocycles. The summed E-state index contributed by atoms with van der Waals surface area (Å²) in [6.07, 6.45) is 1.25. The van der Waals surface area contributed by atoms with Gasteiger partial charge in [0.05, 0.1) is 11.5 Å². The van der Waals surface area contributed by atoms with Crippen molar-refractivity contribution in [3.63, 3.8) is 0 Å². The summed E-state index contributed by atoms with van der Waals surface area (Å²) in [7, 11) is 0. The highest BCUT2D eigenvalue weighted by Crippen LogP contribution is 2.24. The highest BCUT2D eigenvalue weighted by molar-refractivity contribution is 5.97. The average Bonchev–Trinajstić information content (AvgIpc) is 2.67. The maximum absolute atomic E-state index is 13.0. The number of hydrogen-bond acceptors (Lipinski definition) is 3. The van der Waals surface area contributed by atoms with Crippen LogP contribution in [0, 0.1) is 11.7 Å². The van der Waals surface area contributed by atoms with Crippen LogP contribution in [-0.2, 0) is 11.4 Å². The number of ether oxygens (including phenoxy) is 1. The van der Waals surface area contributed by atoms with Gasteiger partial charge in [-0.05, 0) is 42.7 Å². The molecule has 6 heteroatoms. The van der Waals surface area contributed by atoms with E-state index in [1.807, 2.05) is 0 Å². The number of carboxylic acid groups (broad SMARTS) is 1. The minimum absolute atomic E-state index is 0.209. The molecule has 1 aliphatic rings. The maximum Gasteiger partial charge on any atom is 0.308 e. The fraction of sp³-hybridized carbons (Fsp3) is 0.300. The molecule has 1 amide bonds. The summed E-state index contributed by atoms with van der Waals surface area (Å²) in [5, 5.41) is 9.20. The number of rotatable bonds is 5. The Morgan fingerprint density at radius 1 is 1.15 bits per heavy atom. The second-order valence-electron chi connectivity index (χ2n) is 6.34. The topological polar surface area (TPSA) is 66.8 Å². The van der Waals surface area contributed by atoms with Gasteiger partial charge >= 0.3 is 5.97 Å². The van der Waals surface area contributed by atoms with Crippen molar-refractivity contribution in [1.29, 1.82) is 0 Å². The fourth-order valence-electron chi connectivity index (χ4n) is 3.04. The van der Waals surface area contributed by atoms with Crippen molar-refractivity contribution in [2.45, 2.75) is 19.4 Å². The van der Waals surface area contributed by atoms with Gasteiger partial charge in [0.2, 0.25) is 0 Å². The molecule has 1 N–H and O–H groups in total. The quantitative estimate of drug-likeness (QED) is 0.891. The first-order valence-electron chi connectivity index (χ1n) is 8.53. The molecule has 1 heterocycles. The Hall–Kier alpha value is -2.89. The van der Waals surface area contributed by atoms with Gasteiger partial charge in [0.1, 0.15) is 18.2 Å². The van der Waals surface area contributed by atoms with Gasteiger partial charge < -0.3 is 14.7 Å². The van der Waals surface area contributed by atoms with E-state index >= 15 is 0 Å². The minimum Gasteiger partial charge on any atom is -0.488 e. The number of para-hydroxylation sites is 1. The van der Waals surface area contributed by atoms with Gasteiger partial charge in [0.15, 0.2) is 0 Å². The second-order valence-corrected chi connectivity index (χ2v) is 6.34. The number of likely N-dealkylation sites (tertiary alicyclic amines) is 1. The Labute approximate surface area is 151 Å². The number of halogens is 1. The molecule has 1 saturated heterocycles. The molecule has 0 saturated carbocycles. The van der Waals surface area contributed by atoms with Gasteiger partial charge in [-0.3, -0.25) is 9.59 Å². The summed E-state index contributed by atoms with van der Waals surface area (Å²) < 4.78 is 18.7. The molecule has 0 aliphatic carbocycles. The third-order valence-electron chi connectivity index (χ3n) is 4.48. The summed E-state index contributed by atoms with van der Waals surface area (Å²) >= 11 is 0. The third-order valence-corrected chi connectivity index (χ3v) is 4.48. The van der Waals surface area contributed by atoms with Crippen molar-refractivity contribution < 1.29 is 23.8 Å². The van der Waals surface area contributed by atoms with Crippen LogP contribution >= 0.6 is 0 Å². The lowest BCUT2D eigenvalue weighted by molar-refractivity contribution is -0.143. The van der Waals surface area contributed by atoms with E-state index in [0.29, 0.717) is 30.7 Å². The molecule has 1 atom stereocenters. The second kappa shape index (κ2) is 7.99. The Kier molecular flexibility index (Phi) is 5.51. The fourth-order valence-corrected chi connectivity index (χ4v) is 3.04. The van der Waals surface area contributed by atoms with E-state index in [1.165, 1.54) is 12.1 Å². The summed E-state index contributed by atoms with van der Waals surface area (Å²) in [4.78, 5) is 25.6. The van der Waals surface area contributed by atoms with E-state index in [-0.39, 0.29) is 24.9 Å². The first-order valence-corrected chi connectivity index (χ1v) is 8.53. The van der Waals surface area contributed by atoms with E-state index in [1.54, 1.807) is 41.3 Å². The Balaban J connectivity index is 1.72. The molecular formula is C20H20FNO4. The van der Waals surface area contributed by atoms with Crippen LogP contribution in [0.2, 0.25) is 0 Å². The number of carbonyl (C=O) groups is 2. The molecule has 1 fully saturated rings. The van der Waals surface area contributed by atoms with Gasteiger partial charge in [-0.15, -0.1) is 0 Å². The van der Waals surface area contributed by atoms with Crippen LogP contribution in [0.15, 0.2) is 48.5 Å². The van der Waals surface area contributed by atoms with Crippen molar-refractivity contribution in [3.05, 3.63) is 65.5 Å². The van der Waals surface area contributed by atoms with Gasteiger partial charge in [0.25, 0.3) is 5.91 Å². The van der Waals surface area contributed by atoms with Crippen LogP contribution < -0.4 is 4.74 Å². The van der Waals surface area contributed by atoms with E-state index in [9.17, 15) is 19.1 Å². The predicted octanol–water partition coefficient (Wildman–Crippen LogP) is 3.34. The first-order chi connectivity index (χ1) is 12.5. The number of benzene rings is 2. The van der Waals surface area contributed by atoms with Crippen molar-refractivity contribution in [2.75, 3.05) is 13.1 Å². The van der Waals surface area contributed by atoms with Gasteiger partial charge in [-0.2, -0.15) is 0 Å². The summed E-state index contributed by atoms with van der Waals surface area (Å²) in [6, 6.07) is 12.9. The number of amides is 1. The normalized spacial score (nSPS) is 17.0. The van der Waals surface area contributed by atoms with E-state index < -0.39 is 11.9 Å². The number of nitrogens with zero attached hydrogens (tertiary/aromatic N) is 1. The van der Waals surface area contributed by atoms with Gasteiger partial charge in [-0.25, -0.2) is 4.39 Å². The predicted molar refractivity (Wildman–Crippen MR) is 93.4 cm³/mol. The van der Waals surface area contributed by atoms with Crippen molar-refractivity contribution in [2.24, 2.45) is 5.92 Å². The number of piperidine rings is 1. The van der Waals surface area contributed by atoms with Gasteiger partial charge in [-0.1, -0.05) is 24.3 Å². The molecule has 0 aromatic heterocycles. The van der Waals surface area contributed by atoms with Crippen LogP contribution in [0.25, 0.3) is 0 Å². The van der Waals surface area contributed by atoms with Crippen LogP contribution in [0.1, 0.15) is 28.8 Å².